The van der Waals surface area contributed by atoms with Crippen molar-refractivity contribution in [3.05, 3.63) is 68.8 Å². The quantitative estimate of drug-likeness (QED) is 0.127. The van der Waals surface area contributed by atoms with E-state index in [0.29, 0.717) is 11.1 Å². The van der Waals surface area contributed by atoms with Gasteiger partial charge in [-0.15, -0.1) is 0 Å². The average molecular weight is 957 g/mol. The Morgan fingerprint density at radius 3 is 0.855 bits per heavy atom. The van der Waals surface area contributed by atoms with Crippen molar-refractivity contribution in [2.24, 2.45) is 10.8 Å². The van der Waals surface area contributed by atoms with E-state index in [2.05, 4.69) is 9.05 Å². The number of rotatable bonds is 18. The lowest BCUT2D eigenvalue weighted by atomic mass is 9.99. The lowest BCUT2D eigenvalue weighted by Gasteiger charge is -2.23. The zero-order valence-corrected chi connectivity index (χ0v) is 44.0. The van der Waals surface area contributed by atoms with Crippen LogP contribution in [0.15, 0.2) is 24.3 Å². The zero-order chi connectivity index (χ0) is 49.2. The third-order valence-electron chi connectivity index (χ3n) is 8.22. The van der Waals surface area contributed by atoms with E-state index < -0.39 is 63.3 Å². The van der Waals surface area contributed by atoms with Gasteiger partial charge in [0.25, 0.3) is 11.0 Å². The van der Waals surface area contributed by atoms with E-state index in [1.54, 1.807) is 69.2 Å². The van der Waals surface area contributed by atoms with Crippen molar-refractivity contribution in [2.45, 2.75) is 111 Å². The van der Waals surface area contributed by atoms with Crippen molar-refractivity contribution in [3.63, 3.8) is 0 Å². The second-order valence-corrected chi connectivity index (χ2v) is 23.8. The summed E-state index contributed by atoms with van der Waals surface area (Å²) in [6.07, 6.45) is 0. The molecule has 356 valence electrons. The van der Waals surface area contributed by atoms with Crippen LogP contribution in [-0.4, -0.2) is 77.0 Å². The van der Waals surface area contributed by atoms with Crippen LogP contribution < -0.4 is 0 Å². The molecule has 0 bridgehead atoms. The minimum atomic E-state index is -3.74. The van der Waals surface area contributed by atoms with Crippen LogP contribution in [0.25, 0.3) is 0 Å². The van der Waals surface area contributed by atoms with Gasteiger partial charge in [-0.1, -0.05) is 76.9 Å². The Morgan fingerprint density at radius 1 is 0.419 bits per heavy atom. The maximum Gasteiger partial charge on any atom is 0.401 e. The number of carbonyl (C=O) groups is 4. The summed E-state index contributed by atoms with van der Waals surface area (Å²) in [5, 5.41) is 0. The fraction of sp³-hybridized carbons (Fsp3) is 0.619. The van der Waals surface area contributed by atoms with E-state index in [1.807, 2.05) is 65.8 Å². The van der Waals surface area contributed by atoms with Crippen molar-refractivity contribution in [1.29, 1.82) is 0 Å². The molecule has 0 aliphatic heterocycles. The zero-order valence-electron chi connectivity index (χ0n) is 40.5. The number of hydrogen-bond acceptors (Lipinski definition) is 16. The summed E-state index contributed by atoms with van der Waals surface area (Å²) in [6.45, 7) is 28.8. The van der Waals surface area contributed by atoms with Gasteiger partial charge in [-0.2, -0.15) is 0 Å². The molecule has 62 heavy (non-hydrogen) atoms. The SMILES string of the molecule is CCOP(=O)(OCC)C(=O)C(C)(C)C.CCOP(=O)(OCC)C(=O)c1c(C)cc(C)cc1C.COP(=O)(OC)C(=O)C(C)(C)C.COP(=O)(OC)C(=O)c1c(C)cc(C)cc1C. The molecule has 20 heteroatoms. The van der Waals surface area contributed by atoms with Gasteiger partial charge in [-0.3, -0.25) is 37.4 Å². The van der Waals surface area contributed by atoms with Gasteiger partial charge in [0.2, 0.25) is 11.0 Å². The molecular weight excluding hydrogens is 884 g/mol. The van der Waals surface area contributed by atoms with E-state index >= 15 is 0 Å². The molecule has 0 heterocycles. The van der Waals surface area contributed by atoms with Gasteiger partial charge in [0.15, 0.2) is 0 Å². The second-order valence-electron chi connectivity index (χ2n) is 15.7. The Morgan fingerprint density at radius 2 is 0.645 bits per heavy atom. The standard InChI is InChI=1S/C14H21O4P.C12H17O4P.C9H19O4P.C7H15O4P/c1-6-17-19(16,18-7-2)14(15)13-11(4)8-10(3)9-12(13)5;1-8-6-9(2)11(10(3)7-8)12(13)17(14,15-4)16-5;1-6-12-14(11,13-7-2)8(10)9(3,4)5;1-7(2,3)6(8)12(9,10-4)11-5/h8-9H,6-7H2,1-5H3;6-7H,1-5H3;6-7H2,1-5H3;1-5H3. The summed E-state index contributed by atoms with van der Waals surface area (Å²) >= 11 is 0. The van der Waals surface area contributed by atoms with Crippen LogP contribution in [0.3, 0.4) is 0 Å². The van der Waals surface area contributed by atoms with Crippen molar-refractivity contribution >= 4 is 52.5 Å². The van der Waals surface area contributed by atoms with Crippen LogP contribution in [0.2, 0.25) is 0 Å². The maximum atomic E-state index is 12.5. The summed E-state index contributed by atoms with van der Waals surface area (Å²) < 4.78 is 86.7. The Labute approximate surface area is 370 Å². The summed E-state index contributed by atoms with van der Waals surface area (Å²) in [6, 6.07) is 7.52. The first kappa shape index (κ1) is 61.8. The number of carbonyl (C=O) groups excluding carboxylic acids is 4. The van der Waals surface area contributed by atoms with Gasteiger partial charge < -0.3 is 36.2 Å². The van der Waals surface area contributed by atoms with Gasteiger partial charge in [-0.25, -0.2) is 0 Å². The van der Waals surface area contributed by atoms with Crippen LogP contribution in [0.4, 0.5) is 0 Å². The van der Waals surface area contributed by atoms with Crippen LogP contribution >= 0.6 is 30.4 Å². The molecule has 2 aromatic rings. The van der Waals surface area contributed by atoms with Crippen molar-refractivity contribution < 1.29 is 73.6 Å². The number of aryl methyl sites for hydroxylation is 6. The Kier molecular flexibility index (Phi) is 26.5. The predicted octanol–water partition coefficient (Wildman–Crippen LogP) is 12.1. The molecule has 0 radical (unpaired) electrons. The van der Waals surface area contributed by atoms with Gasteiger partial charge in [0.05, 0.1) is 26.4 Å². The molecule has 0 atom stereocenters. The molecule has 0 unspecified atom stereocenters. The molecule has 0 aliphatic rings. The highest BCUT2D eigenvalue weighted by Gasteiger charge is 2.42. The summed E-state index contributed by atoms with van der Waals surface area (Å²) in [4.78, 5) is 47.8. The van der Waals surface area contributed by atoms with E-state index in [0.717, 1.165) is 33.4 Å². The molecule has 0 saturated heterocycles. The Bertz CT molecular complexity index is 1950. The first-order chi connectivity index (χ1) is 28.3. The highest BCUT2D eigenvalue weighted by molar-refractivity contribution is 7.73. The highest BCUT2D eigenvalue weighted by Crippen LogP contribution is 2.55. The van der Waals surface area contributed by atoms with Crippen LogP contribution in [0.5, 0.6) is 0 Å². The third kappa shape index (κ3) is 17.9. The van der Waals surface area contributed by atoms with Crippen molar-refractivity contribution in [2.75, 3.05) is 54.9 Å². The van der Waals surface area contributed by atoms with Crippen molar-refractivity contribution in [3.8, 4) is 0 Å². The summed E-state index contributed by atoms with van der Waals surface area (Å²) in [5.74, 6) is 0. The highest BCUT2D eigenvalue weighted by atomic mass is 31.2. The first-order valence-electron chi connectivity index (χ1n) is 19.8. The molecular formula is C42H72O16P4. The van der Waals surface area contributed by atoms with Gasteiger partial charge in [-0.05, 0) is 91.5 Å². The summed E-state index contributed by atoms with van der Waals surface area (Å²) in [5.41, 5.74) is 2.61. The fourth-order valence-electron chi connectivity index (χ4n) is 5.60. The molecule has 2 aromatic carbocycles. The molecule has 0 saturated carbocycles. The topological polar surface area (TPSA) is 210 Å². The minimum absolute atomic E-state index is 0.174. The smallest absolute Gasteiger partial charge is 0.307 e. The van der Waals surface area contributed by atoms with Gasteiger partial charge in [0.1, 0.15) is 0 Å². The second kappa shape index (κ2) is 26.6. The summed E-state index contributed by atoms with van der Waals surface area (Å²) in [7, 11) is -9.72. The Hall–Kier alpha value is -2.28. The molecule has 0 fully saturated rings. The minimum Gasteiger partial charge on any atom is -0.307 e. The van der Waals surface area contributed by atoms with Gasteiger partial charge in [0, 0.05) is 50.4 Å². The molecule has 0 aromatic heterocycles. The lowest BCUT2D eigenvalue weighted by molar-refractivity contribution is -0.121. The van der Waals surface area contributed by atoms with Gasteiger partial charge >= 0.3 is 30.4 Å². The van der Waals surface area contributed by atoms with E-state index in [-0.39, 0.29) is 26.4 Å². The van der Waals surface area contributed by atoms with Crippen LogP contribution in [0.1, 0.15) is 123 Å². The normalized spacial score (nSPS) is 12.2. The molecule has 0 amide bonds. The monoisotopic (exact) mass is 956 g/mol. The fourth-order valence-corrected chi connectivity index (χ4v) is 11.4. The predicted molar refractivity (Wildman–Crippen MR) is 244 cm³/mol. The molecule has 2 rings (SSSR count). The van der Waals surface area contributed by atoms with Crippen LogP contribution in [-0.2, 0) is 64.0 Å². The van der Waals surface area contributed by atoms with Crippen LogP contribution in [0, 0.1) is 52.4 Å². The molecule has 0 spiro atoms. The number of benzene rings is 2. The maximum absolute atomic E-state index is 12.5. The lowest BCUT2D eigenvalue weighted by Crippen LogP contribution is -2.22. The van der Waals surface area contributed by atoms with E-state index in [4.69, 9.17) is 27.1 Å². The number of hydrogen-bond donors (Lipinski definition) is 0. The Balaban J connectivity index is 0. The van der Waals surface area contributed by atoms with Crippen molar-refractivity contribution in [1.82, 2.24) is 0 Å². The molecule has 0 N–H and O–H groups in total. The van der Waals surface area contributed by atoms with E-state index in [1.165, 1.54) is 28.4 Å². The first-order valence-corrected chi connectivity index (χ1v) is 26.0. The molecule has 0 aliphatic carbocycles. The molecule has 16 nitrogen and oxygen atoms in total. The largest absolute Gasteiger partial charge is 0.401 e. The third-order valence-corrected chi connectivity index (χ3v) is 16.3. The van der Waals surface area contributed by atoms with E-state index in [9.17, 15) is 37.4 Å². The average Bonchev–Trinajstić information content (AvgIpc) is 3.16.